The number of ether oxygens (including phenoxy) is 2. The number of hydrogen-bond donors (Lipinski definition) is 0. The average Bonchev–Trinajstić information content (AvgIpc) is 2.54. The lowest BCUT2D eigenvalue weighted by molar-refractivity contribution is -0.149. The predicted octanol–water partition coefficient (Wildman–Crippen LogP) is 5.07. The minimum Gasteiger partial charge on any atom is -0.463 e. The molecule has 0 saturated heterocycles. The standard InChI is InChI=1S/C19H27ClO4/c1-3-4-5-7-15(2)24-19(22)9-6-8-18(21)23-14-16-10-12-17(20)13-11-16/h10-13,15H,3-9,14H2,1-2H3. The predicted molar refractivity (Wildman–Crippen MR) is 94.8 cm³/mol. The van der Waals surface area contributed by atoms with E-state index in [1.807, 2.05) is 19.1 Å². The first kappa shape index (κ1) is 20.5. The van der Waals surface area contributed by atoms with Crippen LogP contribution in [0.3, 0.4) is 0 Å². The number of carbonyl (C=O) groups is 2. The van der Waals surface area contributed by atoms with Crippen molar-refractivity contribution in [3.8, 4) is 0 Å². The van der Waals surface area contributed by atoms with Gasteiger partial charge >= 0.3 is 11.9 Å². The molecular formula is C19H27ClO4. The Morgan fingerprint density at radius 1 is 1.04 bits per heavy atom. The Balaban J connectivity index is 2.11. The van der Waals surface area contributed by atoms with E-state index >= 15 is 0 Å². The summed E-state index contributed by atoms with van der Waals surface area (Å²) in [6, 6.07) is 7.13. The van der Waals surface area contributed by atoms with Gasteiger partial charge in [-0.2, -0.15) is 0 Å². The van der Waals surface area contributed by atoms with Crippen molar-refractivity contribution in [2.45, 2.75) is 71.5 Å². The van der Waals surface area contributed by atoms with E-state index in [2.05, 4.69) is 6.92 Å². The van der Waals surface area contributed by atoms with Crippen molar-refractivity contribution in [3.63, 3.8) is 0 Å². The number of benzene rings is 1. The third-order valence-corrected chi connectivity index (χ3v) is 3.87. The molecule has 0 aromatic heterocycles. The Morgan fingerprint density at radius 2 is 1.71 bits per heavy atom. The van der Waals surface area contributed by atoms with Crippen molar-refractivity contribution < 1.29 is 19.1 Å². The molecule has 0 N–H and O–H groups in total. The summed E-state index contributed by atoms with van der Waals surface area (Å²) in [6.45, 7) is 4.27. The quantitative estimate of drug-likeness (QED) is 0.411. The van der Waals surface area contributed by atoms with Gasteiger partial charge in [0.2, 0.25) is 0 Å². The van der Waals surface area contributed by atoms with Crippen LogP contribution >= 0.6 is 11.6 Å². The third-order valence-electron chi connectivity index (χ3n) is 3.62. The number of rotatable bonds is 11. The topological polar surface area (TPSA) is 52.6 Å². The average molecular weight is 355 g/mol. The van der Waals surface area contributed by atoms with Gasteiger partial charge in [-0.1, -0.05) is 43.5 Å². The minimum atomic E-state index is -0.311. The molecule has 0 heterocycles. The van der Waals surface area contributed by atoms with Crippen LogP contribution in [-0.4, -0.2) is 18.0 Å². The first-order chi connectivity index (χ1) is 11.5. The van der Waals surface area contributed by atoms with Gasteiger partial charge in [0.05, 0.1) is 6.10 Å². The number of unbranched alkanes of at least 4 members (excludes halogenated alkanes) is 2. The van der Waals surface area contributed by atoms with E-state index in [-0.39, 0.29) is 37.5 Å². The van der Waals surface area contributed by atoms with Gasteiger partial charge in [0.15, 0.2) is 0 Å². The fraction of sp³-hybridized carbons (Fsp3) is 0.579. The highest BCUT2D eigenvalue weighted by molar-refractivity contribution is 6.30. The summed E-state index contributed by atoms with van der Waals surface area (Å²) in [5.41, 5.74) is 0.882. The molecule has 24 heavy (non-hydrogen) atoms. The van der Waals surface area contributed by atoms with Crippen LogP contribution in [0.1, 0.15) is 64.4 Å². The van der Waals surface area contributed by atoms with Gasteiger partial charge in [-0.15, -0.1) is 0 Å². The molecule has 0 aliphatic heterocycles. The summed E-state index contributed by atoms with van der Waals surface area (Å²) < 4.78 is 10.5. The Hall–Kier alpha value is -1.55. The van der Waals surface area contributed by atoms with Gasteiger partial charge in [0.25, 0.3) is 0 Å². The molecular weight excluding hydrogens is 328 g/mol. The molecule has 0 radical (unpaired) electrons. The molecule has 0 spiro atoms. The number of halogens is 1. The summed E-state index contributed by atoms with van der Waals surface area (Å²) in [4.78, 5) is 23.4. The monoisotopic (exact) mass is 354 g/mol. The number of hydrogen-bond acceptors (Lipinski definition) is 4. The van der Waals surface area contributed by atoms with E-state index in [0.717, 1.165) is 31.2 Å². The number of carbonyl (C=O) groups excluding carboxylic acids is 2. The molecule has 0 aliphatic carbocycles. The molecule has 0 aliphatic rings. The minimum absolute atomic E-state index is 0.0547. The van der Waals surface area contributed by atoms with Gasteiger partial charge in [-0.3, -0.25) is 9.59 Å². The van der Waals surface area contributed by atoms with Gasteiger partial charge in [0, 0.05) is 17.9 Å². The van der Waals surface area contributed by atoms with E-state index in [0.29, 0.717) is 11.4 Å². The first-order valence-electron chi connectivity index (χ1n) is 8.60. The second kappa shape index (κ2) is 11.9. The van der Waals surface area contributed by atoms with E-state index in [9.17, 15) is 9.59 Å². The molecule has 4 nitrogen and oxygen atoms in total. The maximum absolute atomic E-state index is 11.7. The molecule has 134 valence electrons. The fourth-order valence-corrected chi connectivity index (χ4v) is 2.34. The zero-order valence-corrected chi connectivity index (χ0v) is 15.3. The van der Waals surface area contributed by atoms with Gasteiger partial charge in [0.1, 0.15) is 6.61 Å². The van der Waals surface area contributed by atoms with Gasteiger partial charge in [-0.05, 0) is 43.9 Å². The molecule has 1 aromatic carbocycles. The van der Waals surface area contributed by atoms with Crippen molar-refractivity contribution in [1.82, 2.24) is 0 Å². The maximum atomic E-state index is 11.7. The largest absolute Gasteiger partial charge is 0.463 e. The Labute approximate surface area is 149 Å². The maximum Gasteiger partial charge on any atom is 0.306 e. The molecule has 0 amide bonds. The Bertz CT molecular complexity index is 499. The van der Waals surface area contributed by atoms with Crippen LogP contribution in [0.25, 0.3) is 0 Å². The van der Waals surface area contributed by atoms with E-state index in [4.69, 9.17) is 21.1 Å². The second-order valence-electron chi connectivity index (χ2n) is 5.94. The van der Waals surface area contributed by atoms with Crippen LogP contribution in [0.2, 0.25) is 5.02 Å². The second-order valence-corrected chi connectivity index (χ2v) is 6.37. The highest BCUT2D eigenvalue weighted by atomic mass is 35.5. The van der Waals surface area contributed by atoms with Gasteiger partial charge < -0.3 is 9.47 Å². The molecule has 0 fully saturated rings. The molecule has 1 unspecified atom stereocenters. The first-order valence-corrected chi connectivity index (χ1v) is 8.98. The summed E-state index contributed by atoms with van der Waals surface area (Å²) in [5.74, 6) is -0.557. The van der Waals surface area contributed by atoms with Crippen LogP contribution < -0.4 is 0 Å². The van der Waals surface area contributed by atoms with Crippen LogP contribution in [0, 0.1) is 0 Å². The van der Waals surface area contributed by atoms with Crippen molar-refractivity contribution in [1.29, 1.82) is 0 Å². The van der Waals surface area contributed by atoms with Crippen molar-refractivity contribution in [2.24, 2.45) is 0 Å². The van der Waals surface area contributed by atoms with Crippen LogP contribution in [0.4, 0.5) is 0 Å². The summed E-state index contributed by atoms with van der Waals surface area (Å²) >= 11 is 5.79. The zero-order valence-electron chi connectivity index (χ0n) is 14.6. The van der Waals surface area contributed by atoms with Crippen LogP contribution in [-0.2, 0) is 25.7 Å². The van der Waals surface area contributed by atoms with E-state index < -0.39 is 0 Å². The van der Waals surface area contributed by atoms with Crippen LogP contribution in [0.15, 0.2) is 24.3 Å². The molecule has 1 atom stereocenters. The molecule has 5 heteroatoms. The van der Waals surface area contributed by atoms with Gasteiger partial charge in [-0.25, -0.2) is 0 Å². The van der Waals surface area contributed by atoms with Crippen molar-refractivity contribution >= 4 is 23.5 Å². The third kappa shape index (κ3) is 9.56. The van der Waals surface area contributed by atoms with Crippen LogP contribution in [0.5, 0.6) is 0 Å². The normalized spacial score (nSPS) is 11.8. The summed E-state index contributed by atoms with van der Waals surface area (Å²) in [6.07, 6.45) is 5.12. The molecule has 0 bridgehead atoms. The summed E-state index contributed by atoms with van der Waals surface area (Å²) in [7, 11) is 0. The molecule has 1 aromatic rings. The summed E-state index contributed by atoms with van der Waals surface area (Å²) in [5, 5.41) is 0.646. The SMILES string of the molecule is CCCCCC(C)OC(=O)CCCC(=O)OCc1ccc(Cl)cc1. The lowest BCUT2D eigenvalue weighted by Crippen LogP contribution is -2.15. The zero-order chi connectivity index (χ0) is 17.8. The van der Waals surface area contributed by atoms with E-state index in [1.54, 1.807) is 12.1 Å². The number of esters is 2. The highest BCUT2D eigenvalue weighted by Crippen LogP contribution is 2.11. The molecule has 0 saturated carbocycles. The van der Waals surface area contributed by atoms with Crippen molar-refractivity contribution in [2.75, 3.05) is 0 Å². The lowest BCUT2D eigenvalue weighted by atomic mass is 10.1. The molecule has 1 rings (SSSR count). The highest BCUT2D eigenvalue weighted by Gasteiger charge is 2.11. The lowest BCUT2D eigenvalue weighted by Gasteiger charge is -2.12. The Morgan fingerprint density at radius 3 is 2.38 bits per heavy atom. The van der Waals surface area contributed by atoms with Crippen molar-refractivity contribution in [3.05, 3.63) is 34.9 Å². The fourth-order valence-electron chi connectivity index (χ4n) is 2.22. The smallest absolute Gasteiger partial charge is 0.306 e. The van der Waals surface area contributed by atoms with E-state index in [1.165, 1.54) is 0 Å². The Kier molecular flexibility index (Phi) is 10.2.